The monoisotopic (exact) mass is 496 g/mol. The molecule has 35 heavy (non-hydrogen) atoms. The number of ether oxygens (including phenoxy) is 2. The highest BCUT2D eigenvalue weighted by Gasteiger charge is 2.23. The molecule has 1 aliphatic heterocycles. The SMILES string of the molecule is Cc1ccc(NS(=O)(=O)c2cccc(C(=O)N/N=C/c3cc4c(cc3[N+](=O)[O-])OCO4)c2)c(C)c1. The molecule has 0 bridgehead atoms. The number of hydrogen-bond donors (Lipinski definition) is 2. The van der Waals surface area contributed by atoms with E-state index in [9.17, 15) is 23.3 Å². The summed E-state index contributed by atoms with van der Waals surface area (Å²) in [7, 11) is -3.96. The van der Waals surface area contributed by atoms with Crippen molar-refractivity contribution in [2.45, 2.75) is 18.7 Å². The van der Waals surface area contributed by atoms with Gasteiger partial charge in [0.25, 0.3) is 21.6 Å². The van der Waals surface area contributed by atoms with Crippen molar-refractivity contribution in [1.29, 1.82) is 0 Å². The Hall–Kier alpha value is -4.45. The van der Waals surface area contributed by atoms with Crippen LogP contribution in [0.4, 0.5) is 11.4 Å². The van der Waals surface area contributed by atoms with Crippen LogP contribution in [0.3, 0.4) is 0 Å². The number of nitro benzene ring substituents is 1. The highest BCUT2D eigenvalue weighted by Crippen LogP contribution is 2.37. The van der Waals surface area contributed by atoms with Crippen molar-refractivity contribution in [2.24, 2.45) is 5.10 Å². The van der Waals surface area contributed by atoms with E-state index in [0.29, 0.717) is 11.4 Å². The first-order valence-corrected chi connectivity index (χ1v) is 11.7. The van der Waals surface area contributed by atoms with E-state index in [4.69, 9.17) is 9.47 Å². The standard InChI is InChI=1S/C23H20N4O7S/c1-14-6-7-19(15(2)8-14)26-35(31,32)18-5-3-4-16(9-18)23(28)25-24-12-17-10-21-22(34-13-33-21)11-20(17)27(29)30/h3-12,26H,13H2,1-2H3,(H,25,28)/b24-12+. The zero-order chi connectivity index (χ0) is 25.2. The summed E-state index contributed by atoms with van der Waals surface area (Å²) >= 11 is 0. The Kier molecular flexibility index (Phi) is 6.38. The number of sulfonamides is 1. The lowest BCUT2D eigenvalue weighted by molar-refractivity contribution is -0.385. The van der Waals surface area contributed by atoms with Crippen LogP contribution in [0.15, 0.2) is 64.6 Å². The van der Waals surface area contributed by atoms with Crippen molar-refractivity contribution in [1.82, 2.24) is 5.43 Å². The van der Waals surface area contributed by atoms with Crippen LogP contribution in [0.2, 0.25) is 0 Å². The molecule has 0 radical (unpaired) electrons. The summed E-state index contributed by atoms with van der Waals surface area (Å²) in [5.74, 6) is -0.142. The summed E-state index contributed by atoms with van der Waals surface area (Å²) in [5, 5.41) is 15.1. The Bertz CT molecular complexity index is 1470. The van der Waals surface area contributed by atoms with Gasteiger partial charge in [-0.3, -0.25) is 19.6 Å². The third-order valence-electron chi connectivity index (χ3n) is 5.12. The molecule has 1 aliphatic rings. The van der Waals surface area contributed by atoms with Gasteiger partial charge in [-0.05, 0) is 49.7 Å². The molecular formula is C23H20N4O7S. The highest BCUT2D eigenvalue weighted by atomic mass is 32.2. The number of benzene rings is 3. The maximum atomic E-state index is 12.8. The van der Waals surface area contributed by atoms with Crippen molar-refractivity contribution in [3.05, 3.63) is 87.0 Å². The molecule has 0 fully saturated rings. The van der Waals surface area contributed by atoms with Crippen LogP contribution >= 0.6 is 0 Å². The van der Waals surface area contributed by atoms with E-state index in [1.54, 1.807) is 19.1 Å². The minimum Gasteiger partial charge on any atom is -0.454 e. The van der Waals surface area contributed by atoms with Crippen LogP contribution in [0.25, 0.3) is 0 Å². The van der Waals surface area contributed by atoms with Gasteiger partial charge in [-0.2, -0.15) is 5.10 Å². The van der Waals surface area contributed by atoms with Crippen LogP contribution in [0, 0.1) is 24.0 Å². The van der Waals surface area contributed by atoms with E-state index >= 15 is 0 Å². The molecular weight excluding hydrogens is 476 g/mol. The van der Waals surface area contributed by atoms with E-state index in [2.05, 4.69) is 15.2 Å². The number of hydrazone groups is 1. The maximum Gasteiger partial charge on any atom is 0.282 e. The molecule has 2 N–H and O–H groups in total. The van der Waals surface area contributed by atoms with Crippen molar-refractivity contribution < 1.29 is 27.6 Å². The van der Waals surface area contributed by atoms with Crippen LogP contribution in [0.5, 0.6) is 11.5 Å². The van der Waals surface area contributed by atoms with Gasteiger partial charge >= 0.3 is 0 Å². The van der Waals surface area contributed by atoms with Gasteiger partial charge in [-0.25, -0.2) is 13.8 Å². The Morgan fingerprint density at radius 1 is 1.09 bits per heavy atom. The molecule has 11 nitrogen and oxygen atoms in total. The third kappa shape index (κ3) is 5.22. The van der Waals surface area contributed by atoms with Gasteiger partial charge in [-0.1, -0.05) is 23.8 Å². The normalized spacial score (nSPS) is 12.5. The first-order valence-electron chi connectivity index (χ1n) is 10.3. The van der Waals surface area contributed by atoms with Crippen molar-refractivity contribution in [3.8, 4) is 11.5 Å². The number of hydrogen-bond acceptors (Lipinski definition) is 8. The number of aryl methyl sites for hydroxylation is 2. The highest BCUT2D eigenvalue weighted by molar-refractivity contribution is 7.92. The van der Waals surface area contributed by atoms with Crippen LogP contribution < -0.4 is 19.6 Å². The van der Waals surface area contributed by atoms with Gasteiger partial charge in [-0.15, -0.1) is 0 Å². The Morgan fingerprint density at radius 2 is 1.83 bits per heavy atom. The van der Waals surface area contributed by atoms with E-state index in [1.807, 2.05) is 13.0 Å². The lowest BCUT2D eigenvalue weighted by Gasteiger charge is -2.12. The van der Waals surface area contributed by atoms with Gasteiger partial charge in [0.05, 0.1) is 33.4 Å². The van der Waals surface area contributed by atoms with E-state index in [0.717, 1.165) is 17.3 Å². The van der Waals surface area contributed by atoms with E-state index in [-0.39, 0.29) is 34.3 Å². The topological polar surface area (TPSA) is 149 Å². The van der Waals surface area contributed by atoms with Gasteiger partial charge in [0.15, 0.2) is 11.5 Å². The summed E-state index contributed by atoms with van der Waals surface area (Å²) in [6.45, 7) is 3.64. The number of carbonyl (C=O) groups is 1. The number of carbonyl (C=O) groups excluding carboxylic acids is 1. The number of nitro groups is 1. The number of fused-ring (bicyclic) bond motifs is 1. The predicted octanol–water partition coefficient (Wildman–Crippen LogP) is 3.51. The minimum atomic E-state index is -3.96. The fourth-order valence-electron chi connectivity index (χ4n) is 3.37. The van der Waals surface area contributed by atoms with E-state index < -0.39 is 20.9 Å². The number of anilines is 1. The van der Waals surface area contributed by atoms with Crippen LogP contribution in [-0.4, -0.2) is 32.3 Å². The van der Waals surface area contributed by atoms with Crippen molar-refractivity contribution in [3.63, 3.8) is 0 Å². The molecule has 1 amide bonds. The number of amides is 1. The molecule has 0 atom stereocenters. The molecule has 4 rings (SSSR count). The second kappa shape index (κ2) is 9.43. The molecule has 3 aromatic carbocycles. The zero-order valence-corrected chi connectivity index (χ0v) is 19.5. The van der Waals surface area contributed by atoms with Gasteiger partial charge in [0.1, 0.15) is 0 Å². The Balaban J connectivity index is 1.51. The molecule has 180 valence electrons. The number of rotatable bonds is 7. The second-order valence-electron chi connectivity index (χ2n) is 7.67. The molecule has 0 aromatic heterocycles. The fourth-order valence-corrected chi connectivity index (χ4v) is 4.55. The summed E-state index contributed by atoms with van der Waals surface area (Å²) in [6, 6.07) is 13.3. The van der Waals surface area contributed by atoms with Crippen LogP contribution in [-0.2, 0) is 10.0 Å². The average molecular weight is 497 g/mol. The second-order valence-corrected chi connectivity index (χ2v) is 9.35. The Morgan fingerprint density at radius 3 is 2.54 bits per heavy atom. The molecule has 0 saturated carbocycles. The molecule has 0 unspecified atom stereocenters. The fraction of sp³-hybridized carbons (Fsp3) is 0.130. The molecule has 1 heterocycles. The lowest BCUT2D eigenvalue weighted by Crippen LogP contribution is -2.19. The summed E-state index contributed by atoms with van der Waals surface area (Å²) in [6.07, 6.45) is 1.10. The molecule has 0 aliphatic carbocycles. The first kappa shape index (κ1) is 23.7. The van der Waals surface area contributed by atoms with Gasteiger partial charge < -0.3 is 9.47 Å². The molecule has 0 spiro atoms. The number of nitrogens with zero attached hydrogens (tertiary/aromatic N) is 2. The summed E-state index contributed by atoms with van der Waals surface area (Å²) in [4.78, 5) is 23.2. The molecule has 0 saturated heterocycles. The van der Waals surface area contributed by atoms with Crippen LogP contribution in [0.1, 0.15) is 27.0 Å². The smallest absolute Gasteiger partial charge is 0.282 e. The van der Waals surface area contributed by atoms with E-state index in [1.165, 1.54) is 36.4 Å². The molecule has 3 aromatic rings. The van der Waals surface area contributed by atoms with Crippen molar-refractivity contribution in [2.75, 3.05) is 11.5 Å². The van der Waals surface area contributed by atoms with Gasteiger partial charge in [0.2, 0.25) is 6.79 Å². The maximum absolute atomic E-state index is 12.8. The third-order valence-corrected chi connectivity index (χ3v) is 6.48. The van der Waals surface area contributed by atoms with Crippen molar-refractivity contribution >= 4 is 33.5 Å². The van der Waals surface area contributed by atoms with Gasteiger partial charge in [0, 0.05) is 5.56 Å². The number of nitrogens with one attached hydrogen (secondary N) is 2. The first-order chi connectivity index (χ1) is 16.6. The minimum absolute atomic E-state index is 0.0332. The summed E-state index contributed by atoms with van der Waals surface area (Å²) < 4.78 is 38.6. The molecule has 12 heteroatoms. The Labute approximate surface area is 200 Å². The average Bonchev–Trinajstić information content (AvgIpc) is 3.28. The lowest BCUT2D eigenvalue weighted by atomic mass is 10.1. The quantitative estimate of drug-likeness (QED) is 0.289. The predicted molar refractivity (Wildman–Crippen MR) is 127 cm³/mol. The zero-order valence-electron chi connectivity index (χ0n) is 18.6. The summed E-state index contributed by atoms with van der Waals surface area (Å²) in [5.41, 5.74) is 4.28. The largest absolute Gasteiger partial charge is 0.454 e.